The average molecular weight is 290 g/mol. The standard InChI is InChI=1S/C16H22N2O3/c1-12(19)18-14-10-6-5-8-13(14)9-7-11-17-15(20)21-16(2,3)4/h5-10H,11H2,1-4H3,(H,17,20)(H,18,19). The fourth-order valence-electron chi connectivity index (χ4n) is 1.59. The van der Waals surface area contributed by atoms with E-state index in [1.165, 1.54) is 6.92 Å². The third kappa shape index (κ3) is 7.15. The normalized spacial score (nSPS) is 11.2. The number of anilines is 1. The first-order valence-electron chi connectivity index (χ1n) is 6.78. The van der Waals surface area contributed by atoms with E-state index in [0.717, 1.165) is 11.3 Å². The summed E-state index contributed by atoms with van der Waals surface area (Å²) in [4.78, 5) is 22.6. The van der Waals surface area contributed by atoms with Crippen molar-refractivity contribution in [3.05, 3.63) is 35.9 Å². The van der Waals surface area contributed by atoms with Crippen molar-refractivity contribution in [1.29, 1.82) is 0 Å². The minimum absolute atomic E-state index is 0.122. The highest BCUT2D eigenvalue weighted by atomic mass is 16.6. The first-order chi connectivity index (χ1) is 9.78. The highest BCUT2D eigenvalue weighted by Gasteiger charge is 2.14. The van der Waals surface area contributed by atoms with E-state index in [1.807, 2.05) is 51.1 Å². The van der Waals surface area contributed by atoms with Crippen molar-refractivity contribution < 1.29 is 14.3 Å². The third-order valence-electron chi connectivity index (χ3n) is 2.33. The number of hydrogen-bond donors (Lipinski definition) is 2. The van der Waals surface area contributed by atoms with Crippen LogP contribution in [0.1, 0.15) is 33.3 Å². The van der Waals surface area contributed by atoms with Gasteiger partial charge in [0.1, 0.15) is 5.60 Å². The fourth-order valence-corrected chi connectivity index (χ4v) is 1.59. The Bertz CT molecular complexity index is 531. The van der Waals surface area contributed by atoms with Gasteiger partial charge in [-0.05, 0) is 32.4 Å². The van der Waals surface area contributed by atoms with Crippen molar-refractivity contribution in [2.24, 2.45) is 0 Å². The van der Waals surface area contributed by atoms with Gasteiger partial charge < -0.3 is 15.4 Å². The Morgan fingerprint density at radius 3 is 2.52 bits per heavy atom. The Morgan fingerprint density at radius 1 is 1.24 bits per heavy atom. The zero-order valence-electron chi connectivity index (χ0n) is 12.9. The Morgan fingerprint density at radius 2 is 1.90 bits per heavy atom. The van der Waals surface area contributed by atoms with E-state index in [2.05, 4.69) is 10.6 Å². The number of rotatable bonds is 4. The molecule has 5 heteroatoms. The lowest BCUT2D eigenvalue weighted by molar-refractivity contribution is -0.114. The Kier molecular flexibility index (Phi) is 5.96. The van der Waals surface area contributed by atoms with Crippen LogP contribution in [0.25, 0.3) is 6.08 Å². The number of carbonyl (C=O) groups is 2. The molecule has 2 amide bonds. The predicted octanol–water partition coefficient (Wildman–Crippen LogP) is 3.18. The lowest BCUT2D eigenvalue weighted by Crippen LogP contribution is -2.32. The van der Waals surface area contributed by atoms with Crippen molar-refractivity contribution in [2.75, 3.05) is 11.9 Å². The summed E-state index contributed by atoms with van der Waals surface area (Å²) >= 11 is 0. The van der Waals surface area contributed by atoms with E-state index in [-0.39, 0.29) is 5.91 Å². The number of hydrogen-bond acceptors (Lipinski definition) is 3. The largest absolute Gasteiger partial charge is 0.444 e. The molecule has 5 nitrogen and oxygen atoms in total. The number of ether oxygens (including phenoxy) is 1. The molecular formula is C16H22N2O3. The maximum atomic E-state index is 11.5. The number of alkyl carbamates (subject to hydrolysis) is 1. The summed E-state index contributed by atoms with van der Waals surface area (Å²) in [5, 5.41) is 5.39. The van der Waals surface area contributed by atoms with Gasteiger partial charge in [0, 0.05) is 19.2 Å². The summed E-state index contributed by atoms with van der Waals surface area (Å²) in [7, 11) is 0. The maximum Gasteiger partial charge on any atom is 0.407 e. The van der Waals surface area contributed by atoms with Crippen molar-refractivity contribution >= 4 is 23.8 Å². The zero-order valence-corrected chi connectivity index (χ0v) is 12.9. The van der Waals surface area contributed by atoms with E-state index in [1.54, 1.807) is 6.08 Å². The molecule has 0 saturated carbocycles. The summed E-state index contributed by atoms with van der Waals surface area (Å²) in [5.41, 5.74) is 1.10. The van der Waals surface area contributed by atoms with E-state index in [0.29, 0.717) is 6.54 Å². The predicted molar refractivity (Wildman–Crippen MR) is 84.0 cm³/mol. The van der Waals surface area contributed by atoms with E-state index < -0.39 is 11.7 Å². The van der Waals surface area contributed by atoms with Gasteiger partial charge in [-0.25, -0.2) is 4.79 Å². The van der Waals surface area contributed by atoms with E-state index in [4.69, 9.17) is 4.74 Å². The minimum atomic E-state index is -0.508. The van der Waals surface area contributed by atoms with Gasteiger partial charge in [0.2, 0.25) is 5.91 Å². The highest BCUT2D eigenvalue weighted by molar-refractivity contribution is 5.91. The second kappa shape index (κ2) is 7.47. The summed E-state index contributed by atoms with van der Waals surface area (Å²) in [6.07, 6.45) is 3.18. The van der Waals surface area contributed by atoms with Crippen LogP contribution in [0.5, 0.6) is 0 Å². The first kappa shape index (κ1) is 16.8. The molecule has 0 aliphatic carbocycles. The SMILES string of the molecule is CC(=O)Nc1ccccc1C=CCNC(=O)OC(C)(C)C. The van der Waals surface area contributed by atoms with Gasteiger partial charge in [-0.2, -0.15) is 0 Å². The molecule has 0 radical (unpaired) electrons. The molecule has 0 aliphatic heterocycles. The number of benzene rings is 1. The van der Waals surface area contributed by atoms with Crippen LogP contribution in [-0.2, 0) is 9.53 Å². The van der Waals surface area contributed by atoms with E-state index >= 15 is 0 Å². The molecule has 114 valence electrons. The van der Waals surface area contributed by atoms with Gasteiger partial charge in [-0.3, -0.25) is 4.79 Å². The second-order valence-electron chi connectivity index (χ2n) is 5.55. The molecule has 0 atom stereocenters. The lowest BCUT2D eigenvalue weighted by atomic mass is 10.1. The minimum Gasteiger partial charge on any atom is -0.444 e. The van der Waals surface area contributed by atoms with Crippen molar-refractivity contribution in [3.8, 4) is 0 Å². The van der Waals surface area contributed by atoms with Crippen LogP contribution in [0.2, 0.25) is 0 Å². The summed E-state index contributed by atoms with van der Waals surface area (Å²) in [6, 6.07) is 7.44. The first-order valence-corrected chi connectivity index (χ1v) is 6.78. The van der Waals surface area contributed by atoms with Crippen LogP contribution >= 0.6 is 0 Å². The molecule has 0 aliphatic rings. The van der Waals surface area contributed by atoms with E-state index in [9.17, 15) is 9.59 Å². The monoisotopic (exact) mass is 290 g/mol. The smallest absolute Gasteiger partial charge is 0.407 e. The Hall–Kier alpha value is -2.30. The molecule has 2 N–H and O–H groups in total. The Balaban J connectivity index is 2.54. The molecule has 1 aromatic rings. The van der Waals surface area contributed by atoms with Crippen LogP contribution in [0, 0.1) is 0 Å². The molecule has 0 spiro atoms. The van der Waals surface area contributed by atoms with Gasteiger partial charge in [0.25, 0.3) is 0 Å². The topological polar surface area (TPSA) is 67.4 Å². The molecule has 0 aromatic heterocycles. The van der Waals surface area contributed by atoms with Crippen molar-refractivity contribution in [2.45, 2.75) is 33.3 Å². The molecule has 0 fully saturated rings. The highest BCUT2D eigenvalue weighted by Crippen LogP contribution is 2.16. The molecule has 0 bridgehead atoms. The van der Waals surface area contributed by atoms with Crippen LogP contribution in [0.4, 0.5) is 10.5 Å². The molecule has 0 unspecified atom stereocenters. The van der Waals surface area contributed by atoms with Crippen molar-refractivity contribution in [1.82, 2.24) is 5.32 Å². The number of nitrogens with one attached hydrogen (secondary N) is 2. The average Bonchev–Trinajstić information content (AvgIpc) is 2.33. The lowest BCUT2D eigenvalue weighted by Gasteiger charge is -2.19. The van der Waals surface area contributed by atoms with Gasteiger partial charge in [0.15, 0.2) is 0 Å². The van der Waals surface area contributed by atoms with Gasteiger partial charge in [-0.15, -0.1) is 0 Å². The fraction of sp³-hybridized carbons (Fsp3) is 0.375. The zero-order chi connectivity index (χ0) is 15.9. The number of carbonyl (C=O) groups excluding carboxylic acids is 2. The number of para-hydroxylation sites is 1. The quantitative estimate of drug-likeness (QED) is 0.895. The van der Waals surface area contributed by atoms with Crippen molar-refractivity contribution in [3.63, 3.8) is 0 Å². The number of amides is 2. The molecule has 21 heavy (non-hydrogen) atoms. The molecule has 0 heterocycles. The van der Waals surface area contributed by atoms with Gasteiger partial charge >= 0.3 is 6.09 Å². The summed E-state index contributed by atoms with van der Waals surface area (Å²) in [5.74, 6) is -0.122. The molecule has 0 saturated heterocycles. The van der Waals surface area contributed by atoms with Crippen LogP contribution in [0.3, 0.4) is 0 Å². The maximum absolute atomic E-state index is 11.5. The Labute approximate surface area is 125 Å². The molecular weight excluding hydrogens is 268 g/mol. The van der Waals surface area contributed by atoms with Gasteiger partial charge in [-0.1, -0.05) is 30.4 Å². The van der Waals surface area contributed by atoms with Gasteiger partial charge in [0.05, 0.1) is 0 Å². The summed E-state index contributed by atoms with van der Waals surface area (Å²) in [6.45, 7) is 7.25. The third-order valence-corrected chi connectivity index (χ3v) is 2.33. The van der Waals surface area contributed by atoms with Crippen LogP contribution < -0.4 is 10.6 Å². The second-order valence-corrected chi connectivity index (χ2v) is 5.55. The molecule has 1 aromatic carbocycles. The molecule has 1 rings (SSSR count). The van der Waals surface area contributed by atoms with Crippen LogP contribution in [0.15, 0.2) is 30.3 Å². The summed E-state index contributed by atoms with van der Waals surface area (Å²) < 4.78 is 5.13. The van der Waals surface area contributed by atoms with Crippen LogP contribution in [-0.4, -0.2) is 24.1 Å².